The van der Waals surface area contributed by atoms with Gasteiger partial charge in [0, 0.05) is 17.1 Å². The average molecular weight is 421 g/mol. The number of para-hydroxylation sites is 1. The van der Waals surface area contributed by atoms with Crippen molar-refractivity contribution in [2.45, 2.75) is 25.9 Å². The zero-order chi connectivity index (χ0) is 21.1. The Balaban J connectivity index is 1.47. The van der Waals surface area contributed by atoms with Gasteiger partial charge in [-0.05, 0) is 61.9 Å². The number of hydrogen-bond acceptors (Lipinski definition) is 4. The summed E-state index contributed by atoms with van der Waals surface area (Å²) in [5, 5.41) is 3.59. The second-order valence-corrected chi connectivity index (χ2v) is 7.91. The van der Waals surface area contributed by atoms with E-state index in [-0.39, 0.29) is 5.91 Å². The van der Waals surface area contributed by atoms with Gasteiger partial charge in [0.05, 0.1) is 0 Å². The highest BCUT2D eigenvalue weighted by atomic mass is 35.5. The fourth-order valence-corrected chi connectivity index (χ4v) is 3.14. The zero-order valence-electron chi connectivity index (χ0n) is 16.7. The Kier molecular flexibility index (Phi) is 5.46. The highest BCUT2D eigenvalue weighted by Crippen LogP contribution is 2.24. The van der Waals surface area contributed by atoms with Crippen LogP contribution in [0.1, 0.15) is 25.3 Å². The molecular formula is C24H21ClN2O3. The number of amides is 1. The van der Waals surface area contributed by atoms with Crippen molar-refractivity contribution >= 4 is 34.3 Å². The van der Waals surface area contributed by atoms with Gasteiger partial charge in [-0.15, -0.1) is 0 Å². The molecule has 0 atom stereocenters. The largest absolute Gasteiger partial charge is 0.478 e. The number of benzene rings is 3. The van der Waals surface area contributed by atoms with Gasteiger partial charge in [-0.25, -0.2) is 4.98 Å². The molecule has 0 saturated carbocycles. The third kappa shape index (κ3) is 4.63. The van der Waals surface area contributed by atoms with Crippen LogP contribution in [0.4, 0.5) is 5.69 Å². The molecule has 0 aliphatic rings. The lowest BCUT2D eigenvalue weighted by Gasteiger charge is -2.25. The van der Waals surface area contributed by atoms with E-state index in [1.54, 1.807) is 32.0 Å². The van der Waals surface area contributed by atoms with Crippen molar-refractivity contribution in [2.24, 2.45) is 0 Å². The molecule has 1 amide bonds. The van der Waals surface area contributed by atoms with Gasteiger partial charge in [-0.3, -0.25) is 4.79 Å². The van der Waals surface area contributed by atoms with Gasteiger partial charge in [-0.1, -0.05) is 41.9 Å². The minimum absolute atomic E-state index is 0.254. The number of nitrogens with one attached hydrogen (secondary N) is 1. The summed E-state index contributed by atoms with van der Waals surface area (Å²) in [5.74, 6) is 0.982. The minimum atomic E-state index is -1.04. The van der Waals surface area contributed by atoms with Crippen LogP contribution in [0.2, 0.25) is 5.02 Å². The summed E-state index contributed by atoms with van der Waals surface area (Å²) in [6.07, 6.45) is 0.561. The number of nitrogens with zero attached hydrogens (tertiary/aromatic N) is 1. The molecule has 0 fully saturated rings. The van der Waals surface area contributed by atoms with Crippen LogP contribution >= 0.6 is 11.6 Å². The first-order valence-corrected chi connectivity index (χ1v) is 9.96. The fraction of sp³-hybridized carbons (Fsp3) is 0.167. The van der Waals surface area contributed by atoms with Crippen molar-refractivity contribution in [2.75, 3.05) is 5.32 Å². The van der Waals surface area contributed by atoms with Crippen LogP contribution in [0.25, 0.3) is 11.1 Å². The molecule has 1 heterocycles. The Morgan fingerprint density at radius 3 is 2.53 bits per heavy atom. The lowest BCUT2D eigenvalue weighted by molar-refractivity contribution is -0.128. The van der Waals surface area contributed by atoms with Crippen molar-refractivity contribution < 1.29 is 13.9 Å². The molecule has 1 aromatic heterocycles. The quantitative estimate of drug-likeness (QED) is 0.423. The van der Waals surface area contributed by atoms with Crippen LogP contribution in [0.15, 0.2) is 77.2 Å². The maximum absolute atomic E-state index is 12.8. The number of ether oxygens (including phenoxy) is 1. The van der Waals surface area contributed by atoms with E-state index in [1.165, 1.54) is 0 Å². The molecule has 0 saturated heterocycles. The summed E-state index contributed by atoms with van der Waals surface area (Å²) < 4.78 is 11.7. The SMILES string of the molecule is CC(C)(Oc1ccccc1)C(=O)Nc1ccc2oc(Cc3ccc(Cl)cc3)nc2c1. The number of oxazole rings is 1. The maximum atomic E-state index is 12.8. The van der Waals surface area contributed by atoms with Gasteiger partial charge < -0.3 is 14.5 Å². The Morgan fingerprint density at radius 2 is 1.80 bits per heavy atom. The molecule has 0 unspecified atom stereocenters. The number of halogens is 1. The summed E-state index contributed by atoms with van der Waals surface area (Å²) in [5.41, 5.74) is 1.98. The van der Waals surface area contributed by atoms with Crippen LogP contribution < -0.4 is 10.1 Å². The average Bonchev–Trinajstić information content (AvgIpc) is 3.11. The second-order valence-electron chi connectivity index (χ2n) is 7.47. The van der Waals surface area contributed by atoms with Gasteiger partial charge in [0.25, 0.3) is 5.91 Å². The topological polar surface area (TPSA) is 64.4 Å². The Bertz CT molecular complexity index is 1170. The van der Waals surface area contributed by atoms with Gasteiger partial charge in [-0.2, -0.15) is 0 Å². The van der Waals surface area contributed by atoms with Crippen molar-refractivity contribution in [3.63, 3.8) is 0 Å². The standard InChI is InChI=1S/C24H21ClN2O3/c1-24(2,30-19-6-4-3-5-7-19)23(28)26-18-12-13-21-20(15-18)27-22(29-21)14-16-8-10-17(25)11-9-16/h3-13,15H,14H2,1-2H3,(H,26,28). The molecule has 30 heavy (non-hydrogen) atoms. The zero-order valence-corrected chi connectivity index (χ0v) is 17.4. The van der Waals surface area contributed by atoms with Crippen molar-refractivity contribution in [3.8, 4) is 5.75 Å². The van der Waals surface area contributed by atoms with Gasteiger partial charge in [0.1, 0.15) is 11.3 Å². The van der Waals surface area contributed by atoms with Gasteiger partial charge >= 0.3 is 0 Å². The van der Waals surface area contributed by atoms with Crippen LogP contribution in [0, 0.1) is 0 Å². The first-order chi connectivity index (χ1) is 14.4. The Hall–Kier alpha value is -3.31. The van der Waals surface area contributed by atoms with Crippen LogP contribution in [-0.2, 0) is 11.2 Å². The first-order valence-electron chi connectivity index (χ1n) is 9.58. The third-order valence-corrected chi connectivity index (χ3v) is 4.87. The number of hydrogen-bond donors (Lipinski definition) is 1. The van der Waals surface area contributed by atoms with Gasteiger partial charge in [0.2, 0.25) is 0 Å². The van der Waals surface area contributed by atoms with E-state index in [9.17, 15) is 4.79 Å². The van der Waals surface area contributed by atoms with Crippen LogP contribution in [0.3, 0.4) is 0 Å². The molecule has 6 heteroatoms. The molecular weight excluding hydrogens is 400 g/mol. The highest BCUT2D eigenvalue weighted by molar-refractivity contribution is 6.30. The number of fused-ring (bicyclic) bond motifs is 1. The van der Waals surface area contributed by atoms with Crippen LogP contribution in [-0.4, -0.2) is 16.5 Å². The normalized spacial score (nSPS) is 11.4. The van der Waals surface area contributed by atoms with Crippen LogP contribution in [0.5, 0.6) is 5.75 Å². The summed E-state index contributed by atoms with van der Waals surface area (Å²) in [7, 11) is 0. The number of rotatable bonds is 6. The van der Waals surface area contributed by atoms with Crippen molar-refractivity contribution in [1.29, 1.82) is 0 Å². The monoisotopic (exact) mass is 420 g/mol. The molecule has 4 aromatic rings. The Morgan fingerprint density at radius 1 is 1.07 bits per heavy atom. The van der Waals surface area contributed by atoms with Crippen molar-refractivity contribution in [3.05, 3.63) is 89.3 Å². The summed E-state index contributed by atoms with van der Waals surface area (Å²) in [4.78, 5) is 17.3. The lowest BCUT2D eigenvalue weighted by atomic mass is 10.1. The molecule has 0 aliphatic carbocycles. The van der Waals surface area contributed by atoms with E-state index in [0.717, 1.165) is 5.56 Å². The third-order valence-electron chi connectivity index (χ3n) is 4.62. The van der Waals surface area contributed by atoms with E-state index >= 15 is 0 Å². The van der Waals surface area contributed by atoms with E-state index in [0.29, 0.717) is 39.9 Å². The van der Waals surface area contributed by atoms with E-state index in [4.69, 9.17) is 20.8 Å². The predicted octanol–water partition coefficient (Wildman–Crippen LogP) is 5.87. The molecule has 3 aromatic carbocycles. The van der Waals surface area contributed by atoms with E-state index in [2.05, 4.69) is 10.3 Å². The molecule has 1 N–H and O–H groups in total. The number of carbonyl (C=O) groups excluding carboxylic acids is 1. The van der Waals surface area contributed by atoms with E-state index < -0.39 is 5.60 Å². The molecule has 152 valence electrons. The summed E-state index contributed by atoms with van der Waals surface area (Å²) in [6, 6.07) is 22.2. The smallest absolute Gasteiger partial charge is 0.267 e. The molecule has 0 radical (unpaired) electrons. The Labute approximate surface area is 179 Å². The fourth-order valence-electron chi connectivity index (χ4n) is 3.02. The maximum Gasteiger partial charge on any atom is 0.267 e. The number of aromatic nitrogens is 1. The molecule has 0 aliphatic heterocycles. The molecule has 0 spiro atoms. The molecule has 0 bridgehead atoms. The summed E-state index contributed by atoms with van der Waals surface area (Å²) >= 11 is 5.93. The predicted molar refractivity (Wildman–Crippen MR) is 118 cm³/mol. The second kappa shape index (κ2) is 8.20. The van der Waals surface area contributed by atoms with Crippen molar-refractivity contribution in [1.82, 2.24) is 4.98 Å². The molecule has 4 rings (SSSR count). The van der Waals surface area contributed by atoms with E-state index in [1.807, 2.05) is 54.6 Å². The summed E-state index contributed by atoms with van der Waals surface area (Å²) in [6.45, 7) is 3.46. The first kappa shape index (κ1) is 20.0. The number of anilines is 1. The van der Waals surface area contributed by atoms with Gasteiger partial charge in [0.15, 0.2) is 17.1 Å². The molecule has 5 nitrogen and oxygen atoms in total. The lowest BCUT2D eigenvalue weighted by Crippen LogP contribution is -2.42. The highest BCUT2D eigenvalue weighted by Gasteiger charge is 2.30. The minimum Gasteiger partial charge on any atom is -0.478 e. The number of carbonyl (C=O) groups is 1.